The number of aromatic hydroxyl groups is 1. The van der Waals surface area contributed by atoms with Gasteiger partial charge in [0.1, 0.15) is 11.4 Å². The fourth-order valence-electron chi connectivity index (χ4n) is 3.47. The lowest BCUT2D eigenvalue weighted by Gasteiger charge is -2.35. The molecule has 27 heavy (non-hydrogen) atoms. The predicted molar refractivity (Wildman–Crippen MR) is 101 cm³/mol. The molecule has 0 aliphatic carbocycles. The van der Waals surface area contributed by atoms with Gasteiger partial charge in [-0.2, -0.15) is 0 Å². The van der Waals surface area contributed by atoms with Crippen LogP contribution in [0.2, 0.25) is 0 Å². The molecule has 2 N–H and O–H groups in total. The van der Waals surface area contributed by atoms with Crippen LogP contribution in [-0.2, 0) is 0 Å². The minimum Gasteiger partial charge on any atom is -0.508 e. The lowest BCUT2D eigenvalue weighted by atomic mass is 10.1. The molecule has 7 heteroatoms. The van der Waals surface area contributed by atoms with Crippen molar-refractivity contribution in [3.8, 4) is 5.75 Å². The Hall–Kier alpha value is -2.90. The Bertz CT molecular complexity index is 930. The summed E-state index contributed by atoms with van der Waals surface area (Å²) in [5, 5.41) is 19.7. The zero-order chi connectivity index (χ0) is 18.8. The second-order valence-electron chi connectivity index (χ2n) is 6.78. The number of carbonyl (C=O) groups excluding carboxylic acids is 1. The van der Waals surface area contributed by atoms with Gasteiger partial charge in [0.25, 0.3) is 5.91 Å². The fourth-order valence-corrected chi connectivity index (χ4v) is 3.47. The van der Waals surface area contributed by atoms with Gasteiger partial charge in [-0.15, -0.1) is 0 Å². The lowest BCUT2D eigenvalue weighted by molar-refractivity contribution is 0.0528. The van der Waals surface area contributed by atoms with Crippen molar-refractivity contribution in [1.29, 1.82) is 0 Å². The van der Waals surface area contributed by atoms with E-state index in [1.807, 2.05) is 33.8 Å². The van der Waals surface area contributed by atoms with Gasteiger partial charge in [0, 0.05) is 51.3 Å². The molecule has 1 amide bonds. The summed E-state index contributed by atoms with van der Waals surface area (Å²) in [5.74, 6) is 0.177. The van der Waals surface area contributed by atoms with Crippen molar-refractivity contribution in [3.63, 3.8) is 0 Å². The van der Waals surface area contributed by atoms with Gasteiger partial charge in [-0.3, -0.25) is 9.69 Å². The molecule has 0 spiro atoms. The van der Waals surface area contributed by atoms with Crippen LogP contribution in [0.4, 0.5) is 0 Å². The Morgan fingerprint density at radius 1 is 1.07 bits per heavy atom. The van der Waals surface area contributed by atoms with Gasteiger partial charge in [0.05, 0.1) is 11.7 Å². The minimum absolute atomic E-state index is 0.00877. The molecule has 1 unspecified atom stereocenters. The molecule has 1 fully saturated rings. The third-order valence-electron chi connectivity index (χ3n) is 5.02. The summed E-state index contributed by atoms with van der Waals surface area (Å²) in [4.78, 5) is 21.1. The number of carbonyl (C=O) groups is 1. The van der Waals surface area contributed by atoms with E-state index >= 15 is 0 Å². The second kappa shape index (κ2) is 7.38. The number of aliphatic hydroxyl groups is 1. The van der Waals surface area contributed by atoms with Crippen molar-refractivity contribution in [3.05, 3.63) is 66.1 Å². The van der Waals surface area contributed by atoms with E-state index in [4.69, 9.17) is 0 Å². The number of phenolic OH excluding ortho intramolecular Hbond substituents is 1. The first-order valence-corrected chi connectivity index (χ1v) is 9.02. The van der Waals surface area contributed by atoms with Gasteiger partial charge < -0.3 is 19.5 Å². The molecule has 0 radical (unpaired) electrons. The first-order valence-electron chi connectivity index (χ1n) is 9.02. The van der Waals surface area contributed by atoms with E-state index in [1.54, 1.807) is 30.5 Å². The second-order valence-corrected chi connectivity index (χ2v) is 6.78. The smallest absolute Gasteiger partial charge is 0.257 e. The van der Waals surface area contributed by atoms with Crippen molar-refractivity contribution in [2.75, 3.05) is 32.7 Å². The highest BCUT2D eigenvalue weighted by Crippen LogP contribution is 2.19. The summed E-state index contributed by atoms with van der Waals surface area (Å²) in [7, 11) is 0. The highest BCUT2D eigenvalue weighted by Gasteiger charge is 2.25. The van der Waals surface area contributed by atoms with Gasteiger partial charge in [0.15, 0.2) is 0 Å². The number of imidazole rings is 1. The maximum atomic E-state index is 12.9. The number of phenols is 1. The molecule has 1 aliphatic rings. The number of aliphatic hydroxyl groups excluding tert-OH is 1. The average molecular weight is 366 g/mol. The van der Waals surface area contributed by atoms with Gasteiger partial charge in [-0.1, -0.05) is 12.1 Å². The zero-order valence-electron chi connectivity index (χ0n) is 14.9. The van der Waals surface area contributed by atoms with Crippen LogP contribution in [-0.4, -0.2) is 68.0 Å². The van der Waals surface area contributed by atoms with Crippen LogP contribution in [0, 0.1) is 0 Å². The van der Waals surface area contributed by atoms with Crippen LogP contribution in [0.3, 0.4) is 0 Å². The third kappa shape index (κ3) is 3.65. The number of pyridine rings is 1. The molecule has 1 saturated heterocycles. The number of hydrogen-bond donors (Lipinski definition) is 2. The molecule has 3 aromatic rings. The number of nitrogens with zero attached hydrogens (tertiary/aromatic N) is 4. The highest BCUT2D eigenvalue weighted by atomic mass is 16.3. The molecule has 1 atom stereocenters. The zero-order valence-corrected chi connectivity index (χ0v) is 14.9. The maximum Gasteiger partial charge on any atom is 0.257 e. The fraction of sp³-hybridized carbons (Fsp3) is 0.300. The number of amides is 1. The molecule has 1 aliphatic heterocycles. The number of β-amino-alcohol motifs (C(OH)–C–C–N with tert-alkyl or cyclic N) is 1. The van der Waals surface area contributed by atoms with E-state index in [0.717, 1.165) is 5.56 Å². The van der Waals surface area contributed by atoms with Gasteiger partial charge in [0.2, 0.25) is 0 Å². The number of hydrogen-bond acceptors (Lipinski definition) is 5. The Labute approximate surface area is 157 Å². The number of benzene rings is 1. The van der Waals surface area contributed by atoms with Crippen molar-refractivity contribution < 1.29 is 15.0 Å². The van der Waals surface area contributed by atoms with Crippen molar-refractivity contribution in [1.82, 2.24) is 19.2 Å². The summed E-state index contributed by atoms with van der Waals surface area (Å²) >= 11 is 0. The molecule has 7 nitrogen and oxygen atoms in total. The van der Waals surface area contributed by atoms with Crippen LogP contribution in [0.5, 0.6) is 5.75 Å². The number of fused-ring (bicyclic) bond motifs is 1. The van der Waals surface area contributed by atoms with E-state index in [0.29, 0.717) is 43.9 Å². The molecule has 0 saturated carbocycles. The van der Waals surface area contributed by atoms with E-state index in [-0.39, 0.29) is 11.7 Å². The van der Waals surface area contributed by atoms with Crippen molar-refractivity contribution >= 4 is 11.6 Å². The molecule has 3 heterocycles. The predicted octanol–water partition coefficient (Wildman–Crippen LogP) is 1.53. The maximum absolute atomic E-state index is 12.9. The lowest BCUT2D eigenvalue weighted by Crippen LogP contribution is -2.49. The largest absolute Gasteiger partial charge is 0.508 e. The Morgan fingerprint density at radius 3 is 2.56 bits per heavy atom. The van der Waals surface area contributed by atoms with E-state index in [1.165, 1.54) is 0 Å². The van der Waals surface area contributed by atoms with Crippen LogP contribution in [0.15, 0.2) is 55.0 Å². The van der Waals surface area contributed by atoms with Gasteiger partial charge in [-0.25, -0.2) is 4.98 Å². The summed E-state index contributed by atoms with van der Waals surface area (Å²) in [6, 6.07) is 10.3. The van der Waals surface area contributed by atoms with Crippen molar-refractivity contribution in [2.24, 2.45) is 0 Å². The highest BCUT2D eigenvalue weighted by molar-refractivity contribution is 5.99. The molecule has 4 rings (SSSR count). The molecule has 2 aromatic heterocycles. The Balaban J connectivity index is 1.36. The van der Waals surface area contributed by atoms with Crippen molar-refractivity contribution in [2.45, 2.75) is 6.10 Å². The number of rotatable bonds is 4. The number of aromatic nitrogens is 2. The Kier molecular flexibility index (Phi) is 4.79. The SMILES string of the molecule is O=C(c1cccn2ccnc12)N1CCN(CC(O)c2ccc(O)cc2)CC1. The molecular formula is C20H22N4O3. The van der Waals surface area contributed by atoms with E-state index < -0.39 is 6.10 Å². The van der Waals surface area contributed by atoms with Gasteiger partial charge >= 0.3 is 0 Å². The molecule has 140 valence electrons. The standard InChI is InChI=1S/C20H22N4O3/c25-16-5-3-15(4-6-16)18(26)14-22-10-12-24(13-11-22)20(27)17-2-1-8-23-9-7-21-19(17)23/h1-9,18,25-26H,10-14H2. The molecule has 0 bridgehead atoms. The van der Waals surface area contributed by atoms with Crippen LogP contribution < -0.4 is 0 Å². The first kappa shape index (κ1) is 17.5. The van der Waals surface area contributed by atoms with Gasteiger partial charge in [-0.05, 0) is 29.8 Å². The summed E-state index contributed by atoms with van der Waals surface area (Å²) in [5.41, 5.74) is 2.06. The summed E-state index contributed by atoms with van der Waals surface area (Å²) in [6.45, 7) is 3.14. The molecular weight excluding hydrogens is 344 g/mol. The normalized spacial score (nSPS) is 16.6. The monoisotopic (exact) mass is 366 g/mol. The minimum atomic E-state index is -0.619. The van der Waals surface area contributed by atoms with E-state index in [2.05, 4.69) is 9.88 Å². The van der Waals surface area contributed by atoms with Crippen LogP contribution in [0.1, 0.15) is 22.0 Å². The van der Waals surface area contributed by atoms with Crippen LogP contribution >= 0.6 is 0 Å². The summed E-state index contributed by atoms with van der Waals surface area (Å²) in [6.07, 6.45) is 4.78. The number of piperazine rings is 1. The third-order valence-corrected chi connectivity index (χ3v) is 5.02. The van der Waals surface area contributed by atoms with E-state index in [9.17, 15) is 15.0 Å². The Morgan fingerprint density at radius 2 is 1.81 bits per heavy atom. The quantitative estimate of drug-likeness (QED) is 0.732. The molecule has 1 aromatic carbocycles. The average Bonchev–Trinajstić information content (AvgIpc) is 3.17. The topological polar surface area (TPSA) is 81.3 Å². The first-order chi connectivity index (χ1) is 13.1. The van der Waals surface area contributed by atoms with Crippen LogP contribution in [0.25, 0.3) is 5.65 Å². The summed E-state index contributed by atoms with van der Waals surface area (Å²) < 4.78 is 1.84.